The van der Waals surface area contributed by atoms with Crippen LogP contribution in [0.15, 0.2) is 41.1 Å². The first-order chi connectivity index (χ1) is 12.5. The normalized spacial score (nSPS) is 11.8. The Labute approximate surface area is 158 Å². The molecule has 1 aromatic heterocycles. The largest absolute Gasteiger partial charge is 0.496 e. The summed E-state index contributed by atoms with van der Waals surface area (Å²) in [5.41, 5.74) is 1.64. The van der Waals surface area contributed by atoms with E-state index in [-0.39, 0.29) is 24.3 Å². The summed E-state index contributed by atoms with van der Waals surface area (Å²) >= 11 is 1.47. The third-order valence-electron chi connectivity index (χ3n) is 4.03. The number of hydrogen-bond donors (Lipinski definition) is 2. The smallest absolute Gasteiger partial charge is 0.252 e. The zero-order valence-electron chi connectivity index (χ0n) is 15.3. The lowest BCUT2D eigenvalue weighted by molar-refractivity contribution is -0.121. The molecule has 26 heavy (non-hydrogen) atoms. The van der Waals surface area contributed by atoms with Crippen molar-refractivity contribution in [3.63, 3.8) is 0 Å². The molecule has 2 aromatic rings. The Morgan fingerprint density at radius 3 is 2.62 bits per heavy atom. The van der Waals surface area contributed by atoms with Crippen molar-refractivity contribution in [2.75, 3.05) is 34.3 Å². The highest BCUT2D eigenvalue weighted by atomic mass is 32.1. The van der Waals surface area contributed by atoms with Gasteiger partial charge < -0.3 is 20.3 Å². The number of nitrogens with zero attached hydrogens (tertiary/aromatic N) is 1. The van der Waals surface area contributed by atoms with Crippen molar-refractivity contribution in [2.45, 2.75) is 12.5 Å². The van der Waals surface area contributed by atoms with Crippen LogP contribution in [-0.2, 0) is 4.79 Å². The minimum absolute atomic E-state index is 0.00417. The number of hydrogen-bond acceptors (Lipinski definition) is 5. The van der Waals surface area contributed by atoms with Crippen LogP contribution in [0.1, 0.15) is 28.4 Å². The molecule has 2 rings (SSSR count). The van der Waals surface area contributed by atoms with Crippen LogP contribution in [0.4, 0.5) is 0 Å². The lowest BCUT2D eigenvalue weighted by Gasteiger charge is -2.26. The van der Waals surface area contributed by atoms with Gasteiger partial charge in [0.2, 0.25) is 5.91 Å². The number of amides is 2. The maximum absolute atomic E-state index is 12.1. The van der Waals surface area contributed by atoms with Crippen molar-refractivity contribution in [1.29, 1.82) is 0 Å². The molecule has 2 N–H and O–H groups in total. The van der Waals surface area contributed by atoms with Crippen LogP contribution >= 0.6 is 11.3 Å². The summed E-state index contributed by atoms with van der Waals surface area (Å²) in [6.07, 6.45) is 0.238. The summed E-state index contributed by atoms with van der Waals surface area (Å²) in [5, 5.41) is 9.32. The number of thiophene rings is 1. The lowest BCUT2D eigenvalue weighted by Crippen LogP contribution is -2.36. The third kappa shape index (κ3) is 5.57. The van der Waals surface area contributed by atoms with Crippen LogP contribution in [0, 0.1) is 0 Å². The highest BCUT2D eigenvalue weighted by molar-refractivity contribution is 7.08. The average Bonchev–Trinajstić information content (AvgIpc) is 3.16. The topological polar surface area (TPSA) is 70.7 Å². The number of carbonyl (C=O) groups excluding carboxylic acids is 2. The molecule has 0 saturated carbocycles. The molecule has 0 saturated heterocycles. The quantitative estimate of drug-likeness (QED) is 0.706. The Bertz CT molecular complexity index is 717. The molecule has 0 bridgehead atoms. The number of methoxy groups -OCH3 is 1. The molecule has 0 radical (unpaired) electrons. The second kappa shape index (κ2) is 9.94. The Balaban J connectivity index is 1.83. The standard InChI is InChI=1S/C19H25N3O3S/c1-22(2)16(15-6-4-5-7-17(15)25-3)12-21-18(23)8-10-20-19(24)14-9-11-26-13-14/h4-7,9,11,13,16H,8,10,12H2,1-3H3,(H,20,24)(H,21,23)/t16-/m0/s1. The van der Waals surface area contributed by atoms with Crippen LogP contribution in [-0.4, -0.2) is 51.0 Å². The third-order valence-corrected chi connectivity index (χ3v) is 4.72. The van der Waals surface area contributed by atoms with Gasteiger partial charge in [0.15, 0.2) is 0 Å². The van der Waals surface area contributed by atoms with Gasteiger partial charge in [-0.3, -0.25) is 9.59 Å². The Morgan fingerprint density at radius 2 is 1.96 bits per heavy atom. The molecule has 1 aromatic carbocycles. The molecule has 0 aliphatic carbocycles. The Kier molecular flexibility index (Phi) is 7.62. The zero-order chi connectivity index (χ0) is 18.9. The first kappa shape index (κ1) is 19.9. The first-order valence-corrected chi connectivity index (χ1v) is 9.33. The molecular weight excluding hydrogens is 350 g/mol. The molecule has 0 unspecified atom stereocenters. The molecule has 140 valence electrons. The summed E-state index contributed by atoms with van der Waals surface area (Å²) in [6.45, 7) is 0.770. The van der Waals surface area contributed by atoms with Crippen molar-refractivity contribution < 1.29 is 14.3 Å². The van der Waals surface area contributed by atoms with E-state index in [0.717, 1.165) is 11.3 Å². The fraction of sp³-hybridized carbons (Fsp3) is 0.368. The van der Waals surface area contributed by atoms with Crippen molar-refractivity contribution >= 4 is 23.2 Å². The highest BCUT2D eigenvalue weighted by Gasteiger charge is 2.19. The van der Waals surface area contributed by atoms with Crippen LogP contribution in [0.3, 0.4) is 0 Å². The minimum atomic E-state index is -0.153. The number of para-hydroxylation sites is 1. The molecular formula is C19H25N3O3S. The van der Waals surface area contributed by atoms with Crippen LogP contribution in [0.5, 0.6) is 5.75 Å². The van der Waals surface area contributed by atoms with Gasteiger partial charge in [-0.1, -0.05) is 18.2 Å². The summed E-state index contributed by atoms with van der Waals surface area (Å²) in [5.74, 6) is 0.542. The average molecular weight is 375 g/mol. The molecule has 1 atom stereocenters. The minimum Gasteiger partial charge on any atom is -0.496 e. The SMILES string of the molecule is COc1ccccc1[C@H](CNC(=O)CCNC(=O)c1ccsc1)N(C)C. The van der Waals surface area contributed by atoms with E-state index >= 15 is 0 Å². The molecule has 0 aliphatic heterocycles. The van der Waals surface area contributed by atoms with E-state index in [4.69, 9.17) is 4.74 Å². The van der Waals surface area contributed by atoms with E-state index in [1.807, 2.05) is 48.6 Å². The van der Waals surface area contributed by atoms with Gasteiger partial charge >= 0.3 is 0 Å². The fourth-order valence-electron chi connectivity index (χ4n) is 2.60. The van der Waals surface area contributed by atoms with Crippen molar-refractivity contribution in [3.05, 3.63) is 52.2 Å². The Hall–Kier alpha value is -2.38. The van der Waals surface area contributed by atoms with Crippen LogP contribution < -0.4 is 15.4 Å². The van der Waals surface area contributed by atoms with Crippen molar-refractivity contribution in [2.24, 2.45) is 0 Å². The van der Waals surface area contributed by atoms with Gasteiger partial charge in [0.05, 0.1) is 13.2 Å². The lowest BCUT2D eigenvalue weighted by atomic mass is 10.0. The van der Waals surface area contributed by atoms with Gasteiger partial charge in [-0.15, -0.1) is 0 Å². The second-order valence-electron chi connectivity index (χ2n) is 6.04. The number of ether oxygens (including phenoxy) is 1. The van der Waals surface area contributed by atoms with Gasteiger partial charge in [0.1, 0.15) is 5.75 Å². The molecule has 7 heteroatoms. The van der Waals surface area contributed by atoms with Crippen LogP contribution in [0.2, 0.25) is 0 Å². The highest BCUT2D eigenvalue weighted by Crippen LogP contribution is 2.27. The number of nitrogens with one attached hydrogen (secondary N) is 2. The summed E-state index contributed by atoms with van der Waals surface area (Å²) in [4.78, 5) is 26.0. The van der Waals surface area contributed by atoms with E-state index < -0.39 is 0 Å². The predicted octanol–water partition coefficient (Wildman–Crippen LogP) is 2.30. The molecule has 0 spiro atoms. The number of rotatable bonds is 9. The number of carbonyl (C=O) groups is 2. The maximum atomic E-state index is 12.1. The van der Waals surface area contributed by atoms with Crippen molar-refractivity contribution in [3.8, 4) is 5.75 Å². The predicted molar refractivity (Wildman–Crippen MR) is 104 cm³/mol. The number of benzene rings is 1. The molecule has 0 fully saturated rings. The number of likely N-dealkylation sites (N-methyl/N-ethyl adjacent to an activating group) is 1. The van der Waals surface area contributed by atoms with Gasteiger partial charge in [0, 0.05) is 36.0 Å². The second-order valence-corrected chi connectivity index (χ2v) is 6.82. The fourth-order valence-corrected chi connectivity index (χ4v) is 3.23. The molecule has 0 aliphatic rings. The maximum Gasteiger partial charge on any atom is 0.252 e. The van der Waals surface area contributed by atoms with Gasteiger partial charge in [-0.25, -0.2) is 0 Å². The molecule has 6 nitrogen and oxygen atoms in total. The van der Waals surface area contributed by atoms with E-state index in [1.54, 1.807) is 18.6 Å². The molecule has 2 amide bonds. The first-order valence-electron chi connectivity index (χ1n) is 8.39. The van der Waals surface area contributed by atoms with E-state index in [1.165, 1.54) is 11.3 Å². The zero-order valence-corrected chi connectivity index (χ0v) is 16.1. The van der Waals surface area contributed by atoms with Gasteiger partial charge in [-0.05, 0) is 31.6 Å². The van der Waals surface area contributed by atoms with Gasteiger partial charge in [0.25, 0.3) is 5.91 Å². The summed E-state index contributed by atoms with van der Waals surface area (Å²) in [6, 6.07) is 9.54. The Morgan fingerprint density at radius 1 is 1.19 bits per heavy atom. The van der Waals surface area contributed by atoms with Crippen molar-refractivity contribution in [1.82, 2.24) is 15.5 Å². The van der Waals surface area contributed by atoms with Gasteiger partial charge in [-0.2, -0.15) is 11.3 Å². The summed E-state index contributed by atoms with van der Waals surface area (Å²) in [7, 11) is 5.56. The monoisotopic (exact) mass is 375 g/mol. The van der Waals surface area contributed by atoms with Crippen LogP contribution in [0.25, 0.3) is 0 Å². The molecule has 1 heterocycles. The van der Waals surface area contributed by atoms with E-state index in [0.29, 0.717) is 18.7 Å². The summed E-state index contributed by atoms with van der Waals surface area (Å²) < 4.78 is 5.42. The van der Waals surface area contributed by atoms with E-state index in [9.17, 15) is 9.59 Å². The van der Waals surface area contributed by atoms with E-state index in [2.05, 4.69) is 10.6 Å².